The molecule has 1 aromatic heterocycles. The lowest BCUT2D eigenvalue weighted by Gasteiger charge is -2.08. The molecule has 0 saturated heterocycles. The van der Waals surface area contributed by atoms with Crippen LogP contribution in [-0.2, 0) is 7.05 Å². The van der Waals surface area contributed by atoms with Gasteiger partial charge in [-0.15, -0.1) is 0 Å². The van der Waals surface area contributed by atoms with E-state index in [0.717, 1.165) is 6.20 Å². The maximum absolute atomic E-state index is 12.1. The number of Topliss-reactive ketones (excluding diaryl/α,β-unsaturated/α-hetero) is 1. The van der Waals surface area contributed by atoms with Gasteiger partial charge in [0.25, 0.3) is 0 Å². The number of carbonyl (C=O) groups is 1. The molecule has 6 heteroatoms. The van der Waals surface area contributed by atoms with Gasteiger partial charge in [-0.25, -0.2) is 4.98 Å². The Kier molecular flexibility index (Phi) is 2.46. The van der Waals surface area contributed by atoms with Gasteiger partial charge < -0.3 is 4.57 Å². The van der Waals surface area contributed by atoms with E-state index >= 15 is 0 Å². The first-order chi connectivity index (χ1) is 6.34. The molecule has 0 amide bonds. The van der Waals surface area contributed by atoms with Gasteiger partial charge in [0.1, 0.15) is 5.69 Å². The average molecular weight is 204 g/mol. The molecule has 1 heterocycles. The zero-order valence-corrected chi connectivity index (χ0v) is 7.30. The van der Waals surface area contributed by atoms with Crippen LogP contribution in [0.3, 0.4) is 0 Å². The number of imidazole rings is 1. The van der Waals surface area contributed by atoms with Crippen molar-refractivity contribution in [1.82, 2.24) is 9.55 Å². The number of aryl methyl sites for hydroxylation is 1. The first-order valence-electron chi connectivity index (χ1n) is 3.61. The number of carbonyl (C=O) groups excluding carboxylic acids is 1. The van der Waals surface area contributed by atoms with Gasteiger partial charge in [-0.3, -0.25) is 4.79 Å². The highest BCUT2D eigenvalue weighted by Crippen LogP contribution is 2.26. The first-order valence-corrected chi connectivity index (χ1v) is 3.61. The summed E-state index contributed by atoms with van der Waals surface area (Å²) in [6, 6.07) is 0. The largest absolute Gasteiger partial charge is 0.419 e. The SMILES string of the molecule is C=C(C(=O)c1cncn1C)C(F)(F)F. The second-order valence-electron chi connectivity index (χ2n) is 2.70. The average Bonchev–Trinajstić information content (AvgIpc) is 2.47. The Bertz CT molecular complexity index is 378. The monoisotopic (exact) mass is 204 g/mol. The summed E-state index contributed by atoms with van der Waals surface area (Å²) >= 11 is 0. The summed E-state index contributed by atoms with van der Waals surface area (Å²) in [4.78, 5) is 14.7. The predicted molar refractivity (Wildman–Crippen MR) is 42.7 cm³/mol. The third kappa shape index (κ3) is 1.84. The number of halogens is 3. The topological polar surface area (TPSA) is 34.9 Å². The number of nitrogens with zero attached hydrogens (tertiary/aromatic N) is 2. The highest BCUT2D eigenvalue weighted by molar-refractivity contribution is 6.07. The maximum atomic E-state index is 12.1. The van der Waals surface area contributed by atoms with Crippen molar-refractivity contribution in [2.75, 3.05) is 0 Å². The summed E-state index contributed by atoms with van der Waals surface area (Å²) in [7, 11) is 1.43. The van der Waals surface area contributed by atoms with Crippen LogP contribution in [0.5, 0.6) is 0 Å². The maximum Gasteiger partial charge on any atom is 0.419 e. The summed E-state index contributed by atoms with van der Waals surface area (Å²) in [5, 5.41) is 0. The molecular weight excluding hydrogens is 197 g/mol. The van der Waals surface area contributed by atoms with Crippen LogP contribution in [0.15, 0.2) is 24.7 Å². The van der Waals surface area contributed by atoms with E-state index < -0.39 is 17.5 Å². The Morgan fingerprint density at radius 2 is 2.14 bits per heavy atom. The van der Waals surface area contributed by atoms with E-state index in [1.54, 1.807) is 0 Å². The van der Waals surface area contributed by atoms with E-state index in [4.69, 9.17) is 0 Å². The van der Waals surface area contributed by atoms with Gasteiger partial charge in [-0.05, 0) is 0 Å². The molecular formula is C8H7F3N2O. The number of rotatable bonds is 2. The van der Waals surface area contributed by atoms with Crippen LogP contribution in [0.4, 0.5) is 13.2 Å². The van der Waals surface area contributed by atoms with E-state index in [1.165, 1.54) is 17.9 Å². The Hall–Kier alpha value is -1.59. The summed E-state index contributed by atoms with van der Waals surface area (Å²) in [5.41, 5.74) is -1.52. The Morgan fingerprint density at radius 1 is 1.57 bits per heavy atom. The standard InChI is InChI=1S/C8H7F3N2O/c1-5(8(9,10)11)7(14)6-3-12-4-13(6)2/h3-4H,1H2,2H3. The van der Waals surface area contributed by atoms with Crippen LogP contribution in [0, 0.1) is 0 Å². The highest BCUT2D eigenvalue weighted by Gasteiger charge is 2.37. The molecule has 0 spiro atoms. The number of alkyl halides is 3. The molecule has 3 nitrogen and oxygen atoms in total. The van der Waals surface area contributed by atoms with Gasteiger partial charge in [-0.2, -0.15) is 13.2 Å². The molecule has 0 radical (unpaired) electrons. The van der Waals surface area contributed by atoms with Crippen molar-refractivity contribution in [2.45, 2.75) is 6.18 Å². The van der Waals surface area contributed by atoms with Crippen molar-refractivity contribution >= 4 is 5.78 Å². The highest BCUT2D eigenvalue weighted by atomic mass is 19.4. The van der Waals surface area contributed by atoms with Crippen molar-refractivity contribution in [3.63, 3.8) is 0 Å². The minimum atomic E-state index is -4.69. The number of hydrogen-bond donors (Lipinski definition) is 0. The van der Waals surface area contributed by atoms with Crippen molar-refractivity contribution in [1.29, 1.82) is 0 Å². The van der Waals surface area contributed by atoms with Crippen LogP contribution in [0.1, 0.15) is 10.5 Å². The molecule has 0 aliphatic rings. The molecule has 0 atom stereocenters. The summed E-state index contributed by atoms with van der Waals surface area (Å²) < 4.78 is 37.4. The molecule has 0 bridgehead atoms. The van der Waals surface area contributed by atoms with Gasteiger partial charge in [0.15, 0.2) is 0 Å². The third-order valence-corrected chi connectivity index (χ3v) is 1.67. The van der Waals surface area contributed by atoms with Crippen molar-refractivity contribution in [3.05, 3.63) is 30.4 Å². The minimum Gasteiger partial charge on any atom is -0.331 e. The summed E-state index contributed by atoms with van der Waals surface area (Å²) in [6.07, 6.45) is -2.38. The van der Waals surface area contributed by atoms with Crippen LogP contribution in [0.25, 0.3) is 0 Å². The quantitative estimate of drug-likeness (QED) is 0.543. The molecule has 0 aliphatic heterocycles. The Labute approximate surface area is 77.9 Å². The van der Waals surface area contributed by atoms with Crippen LogP contribution in [0.2, 0.25) is 0 Å². The van der Waals surface area contributed by atoms with Gasteiger partial charge in [0.2, 0.25) is 5.78 Å². The van der Waals surface area contributed by atoms with Gasteiger partial charge in [-0.1, -0.05) is 6.58 Å². The fraction of sp³-hybridized carbons (Fsp3) is 0.250. The van der Waals surface area contributed by atoms with E-state index in [-0.39, 0.29) is 5.69 Å². The van der Waals surface area contributed by atoms with E-state index in [9.17, 15) is 18.0 Å². The predicted octanol–water partition coefficient (Wildman–Crippen LogP) is 1.72. The van der Waals surface area contributed by atoms with Gasteiger partial charge >= 0.3 is 6.18 Å². The van der Waals surface area contributed by atoms with E-state index in [0.29, 0.717) is 0 Å². The van der Waals surface area contributed by atoms with Crippen molar-refractivity contribution in [2.24, 2.45) is 7.05 Å². The number of ketones is 1. The molecule has 0 N–H and O–H groups in total. The smallest absolute Gasteiger partial charge is 0.331 e. The lowest BCUT2D eigenvalue weighted by atomic mass is 10.1. The molecule has 0 saturated carbocycles. The number of aromatic nitrogens is 2. The zero-order chi connectivity index (χ0) is 10.9. The van der Waals surface area contributed by atoms with E-state index in [2.05, 4.69) is 11.6 Å². The molecule has 0 fully saturated rings. The fourth-order valence-electron chi connectivity index (χ4n) is 0.859. The molecule has 0 aliphatic carbocycles. The van der Waals surface area contributed by atoms with Gasteiger partial charge in [0.05, 0.1) is 18.1 Å². The Balaban J connectivity index is 2.99. The molecule has 1 aromatic rings. The molecule has 76 valence electrons. The minimum absolute atomic E-state index is 0.132. The van der Waals surface area contributed by atoms with Crippen LogP contribution < -0.4 is 0 Å². The van der Waals surface area contributed by atoms with Crippen molar-refractivity contribution < 1.29 is 18.0 Å². The lowest BCUT2D eigenvalue weighted by Crippen LogP contribution is -2.20. The first kappa shape index (κ1) is 10.5. The Morgan fingerprint density at radius 3 is 2.50 bits per heavy atom. The second kappa shape index (κ2) is 3.28. The fourth-order valence-corrected chi connectivity index (χ4v) is 0.859. The number of allylic oxidation sites excluding steroid dienone is 1. The molecule has 0 unspecified atom stereocenters. The van der Waals surface area contributed by atoms with Gasteiger partial charge in [0, 0.05) is 7.05 Å². The second-order valence-corrected chi connectivity index (χ2v) is 2.70. The van der Waals surface area contributed by atoms with Crippen LogP contribution >= 0.6 is 0 Å². The zero-order valence-electron chi connectivity index (χ0n) is 7.30. The molecule has 0 aromatic carbocycles. The molecule has 1 rings (SSSR count). The van der Waals surface area contributed by atoms with Crippen LogP contribution in [-0.4, -0.2) is 21.5 Å². The molecule has 14 heavy (non-hydrogen) atoms. The summed E-state index contributed by atoms with van der Waals surface area (Å²) in [6.45, 7) is 2.71. The van der Waals surface area contributed by atoms with E-state index in [1.807, 2.05) is 0 Å². The third-order valence-electron chi connectivity index (χ3n) is 1.67. The lowest BCUT2D eigenvalue weighted by molar-refractivity contribution is -0.0884. The number of hydrogen-bond acceptors (Lipinski definition) is 2. The van der Waals surface area contributed by atoms with Crippen molar-refractivity contribution in [3.8, 4) is 0 Å². The normalized spacial score (nSPS) is 11.4. The summed E-state index contributed by atoms with van der Waals surface area (Å²) in [5.74, 6) is -1.16.